The summed E-state index contributed by atoms with van der Waals surface area (Å²) in [4.78, 5) is 6.08. The van der Waals surface area contributed by atoms with E-state index in [0.717, 1.165) is 10.0 Å². The molecule has 108 valence electrons. The van der Waals surface area contributed by atoms with Gasteiger partial charge in [0.15, 0.2) is 5.96 Å². The Morgan fingerprint density at radius 2 is 2.10 bits per heavy atom. The fraction of sp³-hybridized carbons (Fsp3) is 0.133. The summed E-state index contributed by atoms with van der Waals surface area (Å²) in [6, 6.07) is 11.8. The maximum absolute atomic E-state index is 13.5. The molecule has 2 aromatic rings. The Labute approximate surface area is 135 Å². The molecule has 0 spiro atoms. The van der Waals surface area contributed by atoms with Gasteiger partial charge in [0.25, 0.3) is 0 Å². The van der Waals surface area contributed by atoms with E-state index >= 15 is 0 Å². The summed E-state index contributed by atoms with van der Waals surface area (Å²) in [5.41, 5.74) is 7.54. The number of benzene rings is 2. The van der Waals surface area contributed by atoms with E-state index < -0.39 is 0 Å². The molecule has 1 aliphatic rings. The number of nitrogens with two attached hydrogens (primary N) is 1. The Kier molecular flexibility index (Phi) is 3.87. The molecule has 1 heterocycles. The highest BCUT2D eigenvalue weighted by Gasteiger charge is 2.30. The summed E-state index contributed by atoms with van der Waals surface area (Å²) in [6.45, 7) is 0.485. The minimum atomic E-state index is -0.314. The van der Waals surface area contributed by atoms with Crippen molar-refractivity contribution in [3.05, 3.63) is 63.3 Å². The van der Waals surface area contributed by atoms with Crippen molar-refractivity contribution in [1.82, 2.24) is 0 Å². The minimum absolute atomic E-state index is 0.142. The van der Waals surface area contributed by atoms with Crippen molar-refractivity contribution in [1.29, 1.82) is 0 Å². The number of rotatable bonds is 2. The largest absolute Gasteiger partial charge is 0.369 e. The predicted octanol–water partition coefficient (Wildman–Crippen LogP) is 4.12. The molecular weight excluding hydrogens is 357 g/mol. The molecule has 3 rings (SSSR count). The van der Waals surface area contributed by atoms with Gasteiger partial charge in [-0.2, -0.15) is 0 Å². The van der Waals surface area contributed by atoms with Gasteiger partial charge in [-0.15, -0.1) is 0 Å². The molecular formula is C15H12BrClFN3. The normalized spacial score (nSPS) is 18.0. The van der Waals surface area contributed by atoms with E-state index in [2.05, 4.69) is 20.9 Å². The summed E-state index contributed by atoms with van der Waals surface area (Å²) >= 11 is 9.74. The third kappa shape index (κ3) is 2.76. The van der Waals surface area contributed by atoms with Gasteiger partial charge in [-0.3, -0.25) is 4.99 Å². The highest BCUT2D eigenvalue weighted by molar-refractivity contribution is 9.10. The van der Waals surface area contributed by atoms with Crippen LogP contribution in [0.1, 0.15) is 11.6 Å². The molecule has 0 aromatic heterocycles. The summed E-state index contributed by atoms with van der Waals surface area (Å²) in [7, 11) is 0. The summed E-state index contributed by atoms with van der Waals surface area (Å²) in [5, 5.41) is 0.634. The molecule has 3 nitrogen and oxygen atoms in total. The molecule has 0 amide bonds. The van der Waals surface area contributed by atoms with Crippen LogP contribution in [0.25, 0.3) is 0 Å². The smallest absolute Gasteiger partial charge is 0.196 e. The van der Waals surface area contributed by atoms with Crippen LogP contribution in [0.2, 0.25) is 5.02 Å². The van der Waals surface area contributed by atoms with Gasteiger partial charge >= 0.3 is 0 Å². The van der Waals surface area contributed by atoms with Crippen molar-refractivity contribution in [3.63, 3.8) is 0 Å². The van der Waals surface area contributed by atoms with Crippen LogP contribution in [0.3, 0.4) is 0 Å². The highest BCUT2D eigenvalue weighted by atomic mass is 79.9. The zero-order valence-corrected chi connectivity index (χ0v) is 13.3. The van der Waals surface area contributed by atoms with E-state index in [0.29, 0.717) is 23.2 Å². The molecule has 6 heteroatoms. The van der Waals surface area contributed by atoms with Gasteiger partial charge in [0.2, 0.25) is 0 Å². The second-order valence-corrected chi connectivity index (χ2v) is 6.05. The first-order chi connectivity index (χ1) is 10.1. The van der Waals surface area contributed by atoms with Crippen molar-refractivity contribution in [2.24, 2.45) is 10.7 Å². The number of aliphatic imine (C=N–C) groups is 1. The monoisotopic (exact) mass is 367 g/mol. The van der Waals surface area contributed by atoms with E-state index in [1.807, 2.05) is 18.2 Å². The lowest BCUT2D eigenvalue weighted by atomic mass is 10.1. The Hall–Kier alpha value is -1.59. The van der Waals surface area contributed by atoms with Gasteiger partial charge < -0.3 is 10.6 Å². The van der Waals surface area contributed by atoms with Gasteiger partial charge in [-0.05, 0) is 42.0 Å². The zero-order chi connectivity index (χ0) is 15.0. The fourth-order valence-corrected chi connectivity index (χ4v) is 3.07. The van der Waals surface area contributed by atoms with E-state index in [-0.39, 0.29) is 11.9 Å². The lowest BCUT2D eigenvalue weighted by Crippen LogP contribution is -2.36. The van der Waals surface area contributed by atoms with E-state index in [9.17, 15) is 4.39 Å². The fourth-order valence-electron chi connectivity index (χ4n) is 2.44. The van der Waals surface area contributed by atoms with Crippen molar-refractivity contribution < 1.29 is 4.39 Å². The molecule has 2 aromatic carbocycles. The molecule has 0 bridgehead atoms. The molecule has 1 atom stereocenters. The van der Waals surface area contributed by atoms with Crippen LogP contribution >= 0.6 is 27.5 Å². The Morgan fingerprint density at radius 3 is 2.86 bits per heavy atom. The van der Waals surface area contributed by atoms with Crippen LogP contribution in [0.15, 0.2) is 51.9 Å². The topological polar surface area (TPSA) is 41.6 Å². The lowest BCUT2D eigenvalue weighted by molar-refractivity contribution is 0.626. The number of halogens is 3. The molecule has 1 aliphatic heterocycles. The number of nitrogens with zero attached hydrogens (tertiary/aromatic N) is 2. The number of guanidine groups is 1. The molecule has 1 unspecified atom stereocenters. The first-order valence-corrected chi connectivity index (χ1v) is 7.53. The third-order valence-corrected chi connectivity index (χ3v) is 4.23. The van der Waals surface area contributed by atoms with Gasteiger partial charge in [-0.1, -0.05) is 33.6 Å². The zero-order valence-electron chi connectivity index (χ0n) is 10.9. The first-order valence-electron chi connectivity index (χ1n) is 6.36. The number of hydrogen-bond donors (Lipinski definition) is 1. The average Bonchev–Trinajstić information content (AvgIpc) is 2.83. The standard InChI is InChI=1S/C15H12BrClFN3/c16-9-4-5-13(17)12(6-9)14-8-20-15(19)21(14)11-3-1-2-10(18)7-11/h1-7,14H,8H2,(H2,19,20). The van der Waals surface area contributed by atoms with Crippen LogP contribution in [-0.2, 0) is 0 Å². The summed E-state index contributed by atoms with van der Waals surface area (Å²) in [6.07, 6.45) is 0. The molecule has 0 saturated heterocycles. The van der Waals surface area contributed by atoms with Crippen LogP contribution < -0.4 is 10.6 Å². The molecule has 2 N–H and O–H groups in total. The maximum Gasteiger partial charge on any atom is 0.196 e. The Morgan fingerprint density at radius 1 is 1.29 bits per heavy atom. The summed E-state index contributed by atoms with van der Waals surface area (Å²) in [5.74, 6) is 0.0490. The molecule has 0 saturated carbocycles. The van der Waals surface area contributed by atoms with Crippen LogP contribution in [0.5, 0.6) is 0 Å². The Balaban J connectivity index is 2.05. The summed E-state index contributed by atoms with van der Waals surface area (Å²) < 4.78 is 14.4. The van der Waals surface area contributed by atoms with Crippen molar-refractivity contribution in [3.8, 4) is 0 Å². The minimum Gasteiger partial charge on any atom is -0.369 e. The quantitative estimate of drug-likeness (QED) is 0.866. The van der Waals surface area contributed by atoms with E-state index in [4.69, 9.17) is 17.3 Å². The van der Waals surface area contributed by atoms with Crippen molar-refractivity contribution in [2.75, 3.05) is 11.4 Å². The Bertz CT molecular complexity index is 720. The molecule has 0 radical (unpaired) electrons. The maximum atomic E-state index is 13.5. The van der Waals surface area contributed by atoms with Crippen molar-refractivity contribution >= 4 is 39.2 Å². The van der Waals surface area contributed by atoms with E-state index in [1.54, 1.807) is 17.0 Å². The van der Waals surface area contributed by atoms with Crippen LogP contribution in [0.4, 0.5) is 10.1 Å². The highest BCUT2D eigenvalue weighted by Crippen LogP contribution is 2.36. The lowest BCUT2D eigenvalue weighted by Gasteiger charge is -2.27. The van der Waals surface area contributed by atoms with Crippen LogP contribution in [0, 0.1) is 5.82 Å². The van der Waals surface area contributed by atoms with Gasteiger partial charge in [0.1, 0.15) is 5.82 Å². The number of hydrogen-bond acceptors (Lipinski definition) is 3. The molecule has 0 aliphatic carbocycles. The average molecular weight is 369 g/mol. The van der Waals surface area contributed by atoms with Crippen molar-refractivity contribution in [2.45, 2.75) is 6.04 Å². The van der Waals surface area contributed by atoms with Crippen LogP contribution in [-0.4, -0.2) is 12.5 Å². The predicted molar refractivity (Wildman–Crippen MR) is 87.3 cm³/mol. The molecule has 21 heavy (non-hydrogen) atoms. The third-order valence-electron chi connectivity index (χ3n) is 3.39. The second-order valence-electron chi connectivity index (χ2n) is 4.73. The number of anilines is 1. The van der Waals surface area contributed by atoms with Gasteiger partial charge in [0.05, 0.1) is 12.6 Å². The van der Waals surface area contributed by atoms with E-state index in [1.165, 1.54) is 12.1 Å². The second kappa shape index (κ2) is 5.66. The first kappa shape index (κ1) is 14.4. The van der Waals surface area contributed by atoms with Gasteiger partial charge in [0, 0.05) is 15.2 Å². The molecule has 0 fully saturated rings. The SMILES string of the molecule is NC1=NCC(c2cc(Br)ccc2Cl)N1c1cccc(F)c1. The van der Waals surface area contributed by atoms with Gasteiger partial charge in [-0.25, -0.2) is 4.39 Å².